The second-order valence-electron chi connectivity index (χ2n) is 6.89. The van der Waals surface area contributed by atoms with Gasteiger partial charge in [0.05, 0.1) is 0 Å². The molecule has 1 saturated heterocycles. The van der Waals surface area contributed by atoms with Crippen LogP contribution in [0.1, 0.15) is 38.2 Å². The normalized spacial score (nSPS) is 16.8. The van der Waals surface area contributed by atoms with E-state index in [9.17, 15) is 18.0 Å². The van der Waals surface area contributed by atoms with Crippen LogP contribution in [0.25, 0.3) is 6.08 Å². The van der Waals surface area contributed by atoms with Crippen LogP contribution in [0.5, 0.6) is 0 Å². The largest absolute Gasteiger partial charge is 0.452 e. The number of carbonyl (C=O) groups excluding carboxylic acids is 2. The molecule has 0 bridgehead atoms. The molecule has 1 amide bonds. The number of rotatable bonds is 7. The second-order valence-corrected chi connectivity index (χ2v) is 8.81. The summed E-state index contributed by atoms with van der Waals surface area (Å²) in [6.45, 7) is 2.40. The second kappa shape index (κ2) is 10.4. The molecule has 154 valence electrons. The summed E-state index contributed by atoms with van der Waals surface area (Å²) in [6, 6.07) is 8.99. The highest BCUT2D eigenvalue weighted by molar-refractivity contribution is 7.92. The first kappa shape index (κ1) is 22.1. The highest BCUT2D eigenvalue weighted by atomic mass is 32.2. The smallest absolute Gasteiger partial charge is 0.322 e. The topological polar surface area (TPSA) is 84.0 Å². The molecule has 28 heavy (non-hydrogen) atoms. The van der Waals surface area contributed by atoms with Gasteiger partial charge in [0, 0.05) is 25.5 Å². The summed E-state index contributed by atoms with van der Waals surface area (Å²) >= 11 is 0. The van der Waals surface area contributed by atoms with Crippen molar-refractivity contribution in [1.29, 1.82) is 0 Å². The van der Waals surface area contributed by atoms with Crippen molar-refractivity contribution in [2.45, 2.75) is 38.7 Å². The Bertz CT molecular complexity index is 784. The molecule has 0 aliphatic carbocycles. The Balaban J connectivity index is 1.88. The van der Waals surface area contributed by atoms with Crippen LogP contribution in [0, 0.1) is 0 Å². The summed E-state index contributed by atoms with van der Waals surface area (Å²) < 4.78 is 30.7. The average molecular weight is 409 g/mol. The van der Waals surface area contributed by atoms with Gasteiger partial charge in [-0.05, 0) is 31.4 Å². The van der Waals surface area contributed by atoms with Crippen molar-refractivity contribution < 1.29 is 22.7 Å². The fourth-order valence-electron chi connectivity index (χ4n) is 2.94. The minimum absolute atomic E-state index is 0.232. The molecule has 1 atom stereocenters. The van der Waals surface area contributed by atoms with Crippen LogP contribution in [0.2, 0.25) is 0 Å². The van der Waals surface area contributed by atoms with Crippen LogP contribution in [-0.4, -0.2) is 62.3 Å². The van der Waals surface area contributed by atoms with Crippen molar-refractivity contribution >= 4 is 28.0 Å². The summed E-state index contributed by atoms with van der Waals surface area (Å²) in [7, 11) is -2.48. The molecule has 1 heterocycles. The van der Waals surface area contributed by atoms with E-state index < -0.39 is 28.6 Å². The molecule has 1 aliphatic rings. The SMILES string of the molecule is C[C@@H](OC(=O)CN(C)S(=O)(=O)/C=C/c1ccccc1)C(=O)N1CCCCCC1. The molecular formula is C20H28N2O5S. The molecule has 7 nitrogen and oxygen atoms in total. The standard InChI is InChI=1S/C20H28N2O5S/c1-17(20(24)22-13-8-3-4-9-14-22)27-19(23)16-21(2)28(25,26)15-12-18-10-6-5-7-11-18/h5-7,10-12,15,17H,3-4,8-9,13-14,16H2,1-2H3/b15-12+/t17-/m1/s1. The van der Waals surface area contributed by atoms with Gasteiger partial charge in [0.1, 0.15) is 6.54 Å². The summed E-state index contributed by atoms with van der Waals surface area (Å²) in [5.74, 6) is -0.986. The van der Waals surface area contributed by atoms with Crippen molar-refractivity contribution in [2.24, 2.45) is 0 Å². The van der Waals surface area contributed by atoms with Gasteiger partial charge in [-0.1, -0.05) is 43.2 Å². The van der Waals surface area contributed by atoms with Gasteiger partial charge in [0.15, 0.2) is 6.10 Å². The average Bonchev–Trinajstić information content (AvgIpc) is 2.96. The first-order chi connectivity index (χ1) is 13.3. The van der Waals surface area contributed by atoms with Crippen molar-refractivity contribution in [2.75, 3.05) is 26.7 Å². The van der Waals surface area contributed by atoms with Gasteiger partial charge in [-0.3, -0.25) is 9.59 Å². The number of esters is 1. The van der Waals surface area contributed by atoms with E-state index in [1.165, 1.54) is 20.0 Å². The van der Waals surface area contributed by atoms with Crippen molar-refractivity contribution in [3.8, 4) is 0 Å². The highest BCUT2D eigenvalue weighted by Crippen LogP contribution is 2.12. The highest BCUT2D eigenvalue weighted by Gasteiger charge is 2.26. The van der Waals surface area contributed by atoms with Crippen LogP contribution >= 0.6 is 0 Å². The van der Waals surface area contributed by atoms with Gasteiger partial charge < -0.3 is 9.64 Å². The zero-order valence-electron chi connectivity index (χ0n) is 16.4. The lowest BCUT2D eigenvalue weighted by Crippen LogP contribution is -2.42. The van der Waals surface area contributed by atoms with Gasteiger partial charge in [-0.2, -0.15) is 4.31 Å². The Kier molecular flexibility index (Phi) is 8.19. The van der Waals surface area contributed by atoms with Crippen molar-refractivity contribution in [3.63, 3.8) is 0 Å². The maximum absolute atomic E-state index is 12.4. The van der Waals surface area contributed by atoms with Crippen LogP contribution in [0.4, 0.5) is 0 Å². The summed E-state index contributed by atoms with van der Waals surface area (Å²) in [6.07, 6.45) is 4.61. The van der Waals surface area contributed by atoms with E-state index in [1.54, 1.807) is 29.2 Å². The van der Waals surface area contributed by atoms with E-state index in [2.05, 4.69) is 0 Å². The lowest BCUT2D eigenvalue weighted by molar-refractivity contribution is -0.159. The van der Waals surface area contributed by atoms with Gasteiger partial charge in [0.25, 0.3) is 5.91 Å². The van der Waals surface area contributed by atoms with E-state index in [1.807, 2.05) is 6.07 Å². The van der Waals surface area contributed by atoms with Crippen LogP contribution < -0.4 is 0 Å². The molecule has 0 saturated carbocycles. The minimum Gasteiger partial charge on any atom is -0.452 e. The number of ether oxygens (including phenoxy) is 1. The van der Waals surface area contributed by atoms with E-state index in [4.69, 9.17) is 4.74 Å². The Morgan fingerprint density at radius 3 is 2.36 bits per heavy atom. The number of carbonyl (C=O) groups is 2. The predicted octanol–water partition coefficient (Wildman–Crippen LogP) is 2.25. The Morgan fingerprint density at radius 1 is 1.14 bits per heavy atom. The minimum atomic E-state index is -3.78. The van der Waals surface area contributed by atoms with Gasteiger partial charge in [-0.25, -0.2) is 8.42 Å². The number of likely N-dealkylation sites (tertiary alicyclic amines) is 1. The predicted molar refractivity (Wildman–Crippen MR) is 108 cm³/mol. The molecule has 0 spiro atoms. The monoisotopic (exact) mass is 408 g/mol. The van der Waals surface area contributed by atoms with Crippen molar-refractivity contribution in [3.05, 3.63) is 41.3 Å². The molecule has 0 unspecified atom stereocenters. The maximum atomic E-state index is 12.4. The van der Waals surface area contributed by atoms with E-state index >= 15 is 0 Å². The first-order valence-corrected chi connectivity index (χ1v) is 11.0. The fourth-order valence-corrected chi connectivity index (χ4v) is 3.76. The summed E-state index contributed by atoms with van der Waals surface area (Å²) in [4.78, 5) is 26.3. The van der Waals surface area contributed by atoms with Gasteiger partial charge in [0.2, 0.25) is 10.0 Å². The fraction of sp³-hybridized carbons (Fsp3) is 0.500. The van der Waals surface area contributed by atoms with Crippen LogP contribution in [-0.2, 0) is 24.3 Å². The van der Waals surface area contributed by atoms with Crippen molar-refractivity contribution in [1.82, 2.24) is 9.21 Å². The third kappa shape index (κ3) is 6.76. The third-order valence-corrected chi connectivity index (χ3v) is 6.07. The lowest BCUT2D eigenvalue weighted by atomic mass is 10.2. The molecule has 1 fully saturated rings. The lowest BCUT2D eigenvalue weighted by Gasteiger charge is -2.24. The van der Waals surface area contributed by atoms with E-state index in [-0.39, 0.29) is 5.91 Å². The molecular weight excluding hydrogens is 380 g/mol. The third-order valence-electron chi connectivity index (χ3n) is 4.59. The Morgan fingerprint density at radius 2 is 1.75 bits per heavy atom. The molecule has 1 aliphatic heterocycles. The van der Waals surface area contributed by atoms with Gasteiger partial charge in [-0.15, -0.1) is 0 Å². The summed E-state index contributed by atoms with van der Waals surface area (Å²) in [5, 5.41) is 1.04. The first-order valence-electron chi connectivity index (χ1n) is 9.47. The molecule has 0 N–H and O–H groups in total. The molecule has 1 aromatic rings. The number of sulfonamides is 1. The molecule has 0 radical (unpaired) electrons. The van der Waals surface area contributed by atoms with E-state index in [0.717, 1.165) is 41.0 Å². The zero-order valence-corrected chi connectivity index (χ0v) is 17.2. The molecule has 0 aromatic heterocycles. The summed E-state index contributed by atoms with van der Waals surface area (Å²) in [5.41, 5.74) is 0.735. The van der Waals surface area contributed by atoms with Crippen LogP contribution in [0.15, 0.2) is 35.7 Å². The number of likely N-dealkylation sites (N-methyl/N-ethyl adjacent to an activating group) is 1. The number of nitrogens with zero attached hydrogens (tertiary/aromatic N) is 2. The Hall–Kier alpha value is -2.19. The van der Waals surface area contributed by atoms with Crippen LogP contribution in [0.3, 0.4) is 0 Å². The Labute approximate surface area is 167 Å². The number of benzene rings is 1. The quantitative estimate of drug-likeness (QED) is 0.646. The number of amides is 1. The number of hydrogen-bond acceptors (Lipinski definition) is 5. The van der Waals surface area contributed by atoms with Gasteiger partial charge >= 0.3 is 5.97 Å². The van der Waals surface area contributed by atoms with E-state index in [0.29, 0.717) is 13.1 Å². The number of hydrogen-bond donors (Lipinski definition) is 0. The molecule has 8 heteroatoms. The molecule has 2 rings (SSSR count). The maximum Gasteiger partial charge on any atom is 0.322 e. The zero-order chi connectivity index (χ0) is 20.6. The molecule has 1 aromatic carbocycles.